The van der Waals surface area contributed by atoms with Gasteiger partial charge in [0.2, 0.25) is 0 Å². The maximum atomic E-state index is 11.8. The summed E-state index contributed by atoms with van der Waals surface area (Å²) in [5.41, 5.74) is 2.77. The van der Waals surface area contributed by atoms with Gasteiger partial charge in [-0.1, -0.05) is 0 Å². The van der Waals surface area contributed by atoms with Gasteiger partial charge in [-0.05, 0) is 30.5 Å². The lowest BCUT2D eigenvalue weighted by Gasteiger charge is -2.26. The summed E-state index contributed by atoms with van der Waals surface area (Å²) < 4.78 is 9.45. The average molecular weight is 262 g/mol. The van der Waals surface area contributed by atoms with Crippen molar-refractivity contribution >= 4 is 17.7 Å². The highest BCUT2D eigenvalue weighted by atomic mass is 16.5. The Labute approximate surface area is 110 Å². The minimum Gasteiger partial charge on any atom is -0.465 e. The van der Waals surface area contributed by atoms with Crippen LogP contribution in [0.25, 0.3) is 0 Å². The van der Waals surface area contributed by atoms with Crippen molar-refractivity contribution in [1.82, 2.24) is 0 Å². The zero-order valence-electron chi connectivity index (χ0n) is 11.2. The number of hydrogen-bond acceptors (Lipinski definition) is 5. The average Bonchev–Trinajstić information content (AvgIpc) is 2.36. The molecule has 5 nitrogen and oxygen atoms in total. The number of ketones is 1. The van der Waals surface area contributed by atoms with Crippen LogP contribution in [0.2, 0.25) is 0 Å². The first-order valence-corrected chi connectivity index (χ1v) is 5.79. The molecule has 0 atom stereocenters. The van der Waals surface area contributed by atoms with Gasteiger partial charge in [0, 0.05) is 12.0 Å². The fourth-order valence-electron chi connectivity index (χ4n) is 2.59. The number of hydrogen-bond donors (Lipinski definition) is 0. The number of methoxy groups -OCH3 is 2. The van der Waals surface area contributed by atoms with Crippen LogP contribution >= 0.6 is 0 Å². The predicted octanol–water partition coefficient (Wildman–Crippen LogP) is 1.62. The van der Waals surface area contributed by atoms with E-state index in [4.69, 9.17) is 9.47 Å². The summed E-state index contributed by atoms with van der Waals surface area (Å²) in [5.74, 6) is -1.16. The molecule has 0 saturated carbocycles. The van der Waals surface area contributed by atoms with Crippen LogP contribution in [0.15, 0.2) is 0 Å². The largest absolute Gasteiger partial charge is 0.465 e. The predicted molar refractivity (Wildman–Crippen MR) is 66.6 cm³/mol. The minimum atomic E-state index is -0.553. The van der Waals surface area contributed by atoms with Crippen LogP contribution in [0.5, 0.6) is 0 Å². The molecule has 0 unspecified atom stereocenters. The highest BCUT2D eigenvalue weighted by Gasteiger charge is 2.36. The van der Waals surface area contributed by atoms with Crippen LogP contribution in [0.3, 0.4) is 0 Å². The van der Waals surface area contributed by atoms with E-state index < -0.39 is 11.9 Å². The van der Waals surface area contributed by atoms with E-state index in [1.165, 1.54) is 14.2 Å². The topological polar surface area (TPSA) is 69.7 Å². The quantitative estimate of drug-likeness (QED) is 0.757. The van der Waals surface area contributed by atoms with Crippen molar-refractivity contribution in [2.45, 2.75) is 20.3 Å². The van der Waals surface area contributed by atoms with Crippen LogP contribution in [0.4, 0.5) is 0 Å². The molecule has 0 saturated heterocycles. The van der Waals surface area contributed by atoms with Crippen LogP contribution < -0.4 is 0 Å². The van der Waals surface area contributed by atoms with Crippen LogP contribution in [0.1, 0.15) is 47.8 Å². The highest BCUT2D eigenvalue weighted by molar-refractivity contribution is 6.15. The second-order valence-electron chi connectivity index (χ2n) is 4.44. The van der Waals surface area contributed by atoms with Crippen molar-refractivity contribution in [3.8, 4) is 0 Å². The van der Waals surface area contributed by atoms with E-state index in [-0.39, 0.29) is 17.8 Å². The van der Waals surface area contributed by atoms with E-state index in [9.17, 15) is 14.4 Å². The summed E-state index contributed by atoms with van der Waals surface area (Å²) in [7, 11) is 2.53. The lowest BCUT2D eigenvalue weighted by atomic mass is 9.76. The SMILES string of the molecule is COC(=O)c1c(C)c2c(c(C(=O)OC)c1C)CC2=O. The molecule has 2 rings (SSSR count). The Bertz CT molecular complexity index is 576. The summed E-state index contributed by atoms with van der Waals surface area (Å²) in [6.07, 6.45) is 0.211. The van der Waals surface area contributed by atoms with Crippen molar-refractivity contribution in [3.63, 3.8) is 0 Å². The molecule has 1 aliphatic rings. The molecule has 0 amide bonds. The normalized spacial score (nSPS) is 12.5. The fraction of sp³-hybridized carbons (Fsp3) is 0.357. The molecule has 0 radical (unpaired) electrons. The first kappa shape index (κ1) is 13.3. The van der Waals surface area contributed by atoms with E-state index in [1.807, 2.05) is 0 Å². The van der Waals surface area contributed by atoms with Crippen molar-refractivity contribution in [1.29, 1.82) is 0 Å². The van der Waals surface area contributed by atoms with Gasteiger partial charge in [0.05, 0.1) is 25.3 Å². The molecule has 1 aliphatic carbocycles. The monoisotopic (exact) mass is 262 g/mol. The summed E-state index contributed by atoms with van der Waals surface area (Å²) in [5, 5.41) is 0. The molecule has 0 fully saturated rings. The number of carbonyl (C=O) groups is 3. The zero-order valence-corrected chi connectivity index (χ0v) is 11.2. The van der Waals surface area contributed by atoms with Crippen LogP contribution in [0, 0.1) is 13.8 Å². The second kappa shape index (κ2) is 4.50. The molecule has 0 aliphatic heterocycles. The van der Waals surface area contributed by atoms with Gasteiger partial charge >= 0.3 is 11.9 Å². The first-order chi connectivity index (χ1) is 8.93. The molecule has 0 heterocycles. The maximum absolute atomic E-state index is 11.8. The summed E-state index contributed by atoms with van der Waals surface area (Å²) >= 11 is 0. The Morgan fingerprint density at radius 3 is 1.95 bits per heavy atom. The van der Waals surface area contributed by atoms with Gasteiger partial charge < -0.3 is 9.47 Å². The van der Waals surface area contributed by atoms with Crippen LogP contribution in [-0.2, 0) is 15.9 Å². The van der Waals surface area contributed by atoms with Gasteiger partial charge in [0.1, 0.15) is 0 Å². The van der Waals surface area contributed by atoms with E-state index in [0.717, 1.165) is 0 Å². The van der Waals surface area contributed by atoms with E-state index in [1.54, 1.807) is 13.8 Å². The number of rotatable bonds is 2. The molecule has 0 N–H and O–H groups in total. The number of ether oxygens (including phenoxy) is 2. The Morgan fingerprint density at radius 1 is 0.947 bits per heavy atom. The number of fused-ring (bicyclic) bond motifs is 1. The molecule has 5 heteroatoms. The van der Waals surface area contributed by atoms with Gasteiger partial charge in [0.15, 0.2) is 5.78 Å². The number of Topliss-reactive ketones (excluding diaryl/α,β-unsaturated/α-hetero) is 1. The minimum absolute atomic E-state index is 0.0668. The third-order valence-corrected chi connectivity index (χ3v) is 3.50. The lowest BCUT2D eigenvalue weighted by Crippen LogP contribution is -2.28. The standard InChI is InChI=1S/C14H14O5/c1-6-10(13(16)18-3)7(2)12(14(17)19-4)8-5-9(15)11(6)8/h5H2,1-4H3. The van der Waals surface area contributed by atoms with Crippen molar-refractivity contribution in [2.75, 3.05) is 14.2 Å². The van der Waals surface area contributed by atoms with Gasteiger partial charge in [-0.25, -0.2) is 9.59 Å². The number of carbonyl (C=O) groups excluding carboxylic acids is 3. The smallest absolute Gasteiger partial charge is 0.338 e. The lowest BCUT2D eigenvalue weighted by molar-refractivity contribution is 0.0596. The summed E-state index contributed by atoms with van der Waals surface area (Å²) in [4.78, 5) is 35.3. The first-order valence-electron chi connectivity index (χ1n) is 5.79. The molecule has 0 aromatic heterocycles. The van der Waals surface area contributed by atoms with E-state index in [0.29, 0.717) is 27.8 Å². The molecule has 0 spiro atoms. The van der Waals surface area contributed by atoms with Crippen molar-refractivity contribution in [2.24, 2.45) is 0 Å². The van der Waals surface area contributed by atoms with Crippen LogP contribution in [-0.4, -0.2) is 31.9 Å². The van der Waals surface area contributed by atoms with Gasteiger partial charge in [-0.3, -0.25) is 4.79 Å². The summed E-state index contributed by atoms with van der Waals surface area (Å²) in [6.45, 7) is 3.35. The summed E-state index contributed by atoms with van der Waals surface area (Å²) in [6, 6.07) is 0. The number of esters is 2. The molecular weight excluding hydrogens is 248 g/mol. The molecule has 0 bridgehead atoms. The third kappa shape index (κ3) is 1.73. The molecule has 19 heavy (non-hydrogen) atoms. The molecule has 1 aromatic rings. The van der Waals surface area contributed by atoms with Gasteiger partial charge in [-0.15, -0.1) is 0 Å². The zero-order chi connectivity index (χ0) is 14.3. The van der Waals surface area contributed by atoms with Crippen molar-refractivity contribution in [3.05, 3.63) is 33.4 Å². The van der Waals surface area contributed by atoms with E-state index in [2.05, 4.69) is 0 Å². The maximum Gasteiger partial charge on any atom is 0.338 e. The Kier molecular flexibility index (Phi) is 3.14. The Morgan fingerprint density at radius 2 is 1.47 bits per heavy atom. The number of benzene rings is 1. The highest BCUT2D eigenvalue weighted by Crippen LogP contribution is 2.35. The van der Waals surface area contributed by atoms with Crippen molar-refractivity contribution < 1.29 is 23.9 Å². The molecule has 1 aromatic carbocycles. The second-order valence-corrected chi connectivity index (χ2v) is 4.44. The Hall–Kier alpha value is -2.17. The third-order valence-electron chi connectivity index (χ3n) is 3.50. The van der Waals surface area contributed by atoms with E-state index >= 15 is 0 Å². The fourth-order valence-corrected chi connectivity index (χ4v) is 2.59. The van der Waals surface area contributed by atoms with Gasteiger partial charge in [-0.2, -0.15) is 0 Å². The molecule has 100 valence electrons. The molecular formula is C14H14O5. The Balaban J connectivity index is 2.80. The van der Waals surface area contributed by atoms with Gasteiger partial charge in [0.25, 0.3) is 0 Å².